The molecule has 2 unspecified atom stereocenters. The Bertz CT molecular complexity index is 1130. The van der Waals surface area contributed by atoms with Gasteiger partial charge in [0, 0.05) is 12.6 Å². The van der Waals surface area contributed by atoms with Gasteiger partial charge in [0.2, 0.25) is 5.91 Å². The van der Waals surface area contributed by atoms with Gasteiger partial charge in [0.05, 0.1) is 17.6 Å². The molecule has 0 radical (unpaired) electrons. The fourth-order valence-corrected chi connectivity index (χ4v) is 5.10. The van der Waals surface area contributed by atoms with E-state index in [-0.39, 0.29) is 19.6 Å². The van der Waals surface area contributed by atoms with Gasteiger partial charge < -0.3 is 10.5 Å². The quantitative estimate of drug-likeness (QED) is 0.301. The lowest BCUT2D eigenvalue weighted by molar-refractivity contribution is -0.388. The number of carbonyl (C=O) groups is 2. The zero-order valence-corrected chi connectivity index (χ0v) is 20.9. The van der Waals surface area contributed by atoms with Crippen LogP contribution in [0.4, 0.5) is 10.5 Å². The predicted molar refractivity (Wildman–Crippen MR) is 126 cm³/mol. The van der Waals surface area contributed by atoms with Gasteiger partial charge in [0.15, 0.2) is 4.90 Å². The fourth-order valence-electron chi connectivity index (χ4n) is 3.57. The molecule has 0 aromatic heterocycles. The third-order valence-electron chi connectivity index (χ3n) is 4.93. The number of sulfonamides is 1. The third-order valence-corrected chi connectivity index (χ3v) is 6.68. The van der Waals surface area contributed by atoms with E-state index in [2.05, 4.69) is 6.58 Å². The van der Waals surface area contributed by atoms with Crippen LogP contribution in [-0.4, -0.2) is 65.5 Å². The van der Waals surface area contributed by atoms with Crippen LogP contribution in [0, 0.1) is 10.1 Å². The number of nitrogens with two attached hydrogens (primary N) is 1. The number of nitrogens with zero attached hydrogens (tertiary/aromatic N) is 3. The van der Waals surface area contributed by atoms with Crippen LogP contribution in [0.2, 0.25) is 0 Å². The Balaban J connectivity index is 2.65. The minimum absolute atomic E-state index is 0.253. The monoisotopic (exact) mass is 510 g/mol. The summed E-state index contributed by atoms with van der Waals surface area (Å²) in [7, 11) is -4.62. The molecule has 192 valence electrons. The van der Waals surface area contributed by atoms with Gasteiger partial charge in [-0.05, 0) is 38.8 Å². The van der Waals surface area contributed by atoms with E-state index in [1.807, 2.05) is 0 Å². The van der Waals surface area contributed by atoms with Gasteiger partial charge in [-0.3, -0.25) is 24.6 Å². The molecule has 1 aromatic rings. The summed E-state index contributed by atoms with van der Waals surface area (Å²) in [5, 5.41) is 11.5. The van der Waals surface area contributed by atoms with Crippen LogP contribution in [0.1, 0.15) is 34.1 Å². The molecule has 1 aromatic carbocycles. The Morgan fingerprint density at radius 2 is 1.97 bits per heavy atom. The molecule has 1 aliphatic heterocycles. The van der Waals surface area contributed by atoms with E-state index in [1.54, 1.807) is 27.7 Å². The largest absolute Gasteiger partial charge is 0.444 e. The van der Waals surface area contributed by atoms with Crippen molar-refractivity contribution in [1.82, 2.24) is 9.37 Å². The van der Waals surface area contributed by atoms with Crippen LogP contribution < -0.4 is 5.73 Å². The van der Waals surface area contributed by atoms with Crippen molar-refractivity contribution in [2.24, 2.45) is 5.73 Å². The highest BCUT2D eigenvalue weighted by atomic mass is 32.2. The number of primary amides is 1. The molecular formula is C22H30N4O8S. The molecule has 0 spiro atoms. The van der Waals surface area contributed by atoms with Crippen LogP contribution >= 0.6 is 0 Å². The molecule has 0 saturated carbocycles. The van der Waals surface area contributed by atoms with Crippen LogP contribution in [0.5, 0.6) is 0 Å². The molecular weight excluding hydrogens is 480 g/mol. The van der Waals surface area contributed by atoms with Crippen molar-refractivity contribution >= 4 is 27.7 Å². The van der Waals surface area contributed by atoms with Crippen molar-refractivity contribution < 1.29 is 32.5 Å². The van der Waals surface area contributed by atoms with E-state index in [9.17, 15) is 28.1 Å². The highest BCUT2D eigenvalue weighted by Crippen LogP contribution is 2.32. The maximum Gasteiger partial charge on any atom is 0.411 e. The molecule has 2 N–H and O–H groups in total. The number of ether oxygens (including phenoxy) is 1. The predicted octanol–water partition coefficient (Wildman–Crippen LogP) is 2.51. The standard InChI is InChI=1S/C22H30N4O8S/c1-6-12-33-26(35(31,32)18-11-9-8-10-17(18)25(29)30)16-13-15(7-2)19(20(23)27)24(14-16)21(28)34-22(3,4)5/h6,8-11,13,16,19H,1,7,12,14H2,2-5H3,(H2,23,27). The number of nitro benzene ring substituents is 1. The number of hydrogen-bond donors (Lipinski definition) is 1. The second kappa shape index (κ2) is 11.0. The lowest BCUT2D eigenvalue weighted by atomic mass is 9.95. The SMILES string of the molecule is C=CCON(C1C=C(CC)C(C(N)=O)N(C(=O)OC(C)(C)C)C1)S(=O)(=O)c1ccccc1[N+](=O)[O-]. The molecule has 0 bridgehead atoms. The molecule has 2 amide bonds. The first-order valence-corrected chi connectivity index (χ1v) is 12.2. The maximum absolute atomic E-state index is 13.6. The van der Waals surface area contributed by atoms with E-state index < -0.39 is 55.2 Å². The number of para-hydroxylation sites is 1. The summed E-state index contributed by atoms with van der Waals surface area (Å²) in [6.45, 7) is 9.53. The molecule has 0 aliphatic carbocycles. The molecule has 12 nitrogen and oxygen atoms in total. The minimum Gasteiger partial charge on any atom is -0.444 e. The zero-order chi connectivity index (χ0) is 26.6. The van der Waals surface area contributed by atoms with Crippen LogP contribution in [-0.2, 0) is 24.4 Å². The van der Waals surface area contributed by atoms with Crippen LogP contribution in [0.15, 0.2) is 53.5 Å². The topological polar surface area (TPSA) is 162 Å². The molecule has 1 heterocycles. The van der Waals surface area contributed by atoms with Gasteiger partial charge in [-0.1, -0.05) is 35.7 Å². The van der Waals surface area contributed by atoms with Gasteiger partial charge in [0.1, 0.15) is 11.6 Å². The molecule has 13 heteroatoms. The molecule has 0 saturated heterocycles. The van der Waals surface area contributed by atoms with Crippen molar-refractivity contribution in [2.75, 3.05) is 13.2 Å². The third kappa shape index (κ3) is 6.44. The number of amides is 2. The van der Waals surface area contributed by atoms with Gasteiger partial charge in [-0.2, -0.15) is 0 Å². The van der Waals surface area contributed by atoms with Crippen molar-refractivity contribution in [3.05, 3.63) is 58.7 Å². The Morgan fingerprint density at radius 3 is 2.49 bits per heavy atom. The number of benzene rings is 1. The van der Waals surface area contributed by atoms with Gasteiger partial charge >= 0.3 is 6.09 Å². The Morgan fingerprint density at radius 1 is 1.34 bits per heavy atom. The van der Waals surface area contributed by atoms with Crippen molar-refractivity contribution in [3.8, 4) is 0 Å². The molecule has 2 atom stereocenters. The fraction of sp³-hybridized carbons (Fsp3) is 0.455. The molecule has 0 fully saturated rings. The Kier molecular flexibility index (Phi) is 8.76. The van der Waals surface area contributed by atoms with Gasteiger partial charge in [-0.25, -0.2) is 13.2 Å². The van der Waals surface area contributed by atoms with E-state index in [4.69, 9.17) is 15.3 Å². The van der Waals surface area contributed by atoms with E-state index in [0.29, 0.717) is 10.0 Å². The number of hydroxylamine groups is 1. The van der Waals surface area contributed by atoms with E-state index >= 15 is 0 Å². The smallest absolute Gasteiger partial charge is 0.411 e. The molecule has 1 aliphatic rings. The van der Waals surface area contributed by atoms with Crippen molar-refractivity contribution in [3.63, 3.8) is 0 Å². The number of nitro groups is 1. The van der Waals surface area contributed by atoms with Crippen LogP contribution in [0.3, 0.4) is 0 Å². The van der Waals surface area contributed by atoms with Crippen molar-refractivity contribution in [2.45, 2.75) is 56.7 Å². The maximum atomic E-state index is 13.6. The second-order valence-electron chi connectivity index (χ2n) is 8.67. The zero-order valence-electron chi connectivity index (χ0n) is 20.0. The van der Waals surface area contributed by atoms with Gasteiger partial charge in [-0.15, -0.1) is 6.58 Å². The van der Waals surface area contributed by atoms with E-state index in [1.165, 1.54) is 24.3 Å². The summed E-state index contributed by atoms with van der Waals surface area (Å²) < 4.78 is 33.2. The summed E-state index contributed by atoms with van der Waals surface area (Å²) in [6, 6.07) is 2.50. The number of rotatable bonds is 9. The first-order valence-electron chi connectivity index (χ1n) is 10.8. The lowest BCUT2D eigenvalue weighted by Crippen LogP contribution is -2.58. The van der Waals surface area contributed by atoms with E-state index in [0.717, 1.165) is 17.0 Å². The molecule has 2 rings (SSSR count). The highest BCUT2D eigenvalue weighted by molar-refractivity contribution is 7.89. The van der Waals surface area contributed by atoms with Gasteiger partial charge in [0.25, 0.3) is 15.7 Å². The first kappa shape index (κ1) is 28.0. The summed E-state index contributed by atoms with van der Waals surface area (Å²) in [5.74, 6) is -0.817. The Labute approximate surface area is 204 Å². The molecule has 35 heavy (non-hydrogen) atoms. The average molecular weight is 511 g/mol. The lowest BCUT2D eigenvalue weighted by Gasteiger charge is -2.40. The Hall–Kier alpha value is -3.29. The van der Waals surface area contributed by atoms with Crippen LogP contribution in [0.25, 0.3) is 0 Å². The number of hydrogen-bond acceptors (Lipinski definition) is 8. The van der Waals surface area contributed by atoms with Crippen molar-refractivity contribution in [1.29, 1.82) is 0 Å². The summed E-state index contributed by atoms with van der Waals surface area (Å²) >= 11 is 0. The number of carbonyl (C=O) groups excluding carboxylic acids is 2. The first-order chi connectivity index (χ1) is 16.2. The summed E-state index contributed by atoms with van der Waals surface area (Å²) in [5.41, 5.74) is 4.39. The minimum atomic E-state index is -4.62. The average Bonchev–Trinajstić information content (AvgIpc) is 2.77. The summed E-state index contributed by atoms with van der Waals surface area (Å²) in [4.78, 5) is 41.9. The normalized spacial score (nSPS) is 18.7. The highest BCUT2D eigenvalue weighted by Gasteiger charge is 2.44. The summed E-state index contributed by atoms with van der Waals surface area (Å²) in [6.07, 6.45) is 2.14. The second-order valence-corrected chi connectivity index (χ2v) is 10.4.